The van der Waals surface area contributed by atoms with Crippen LogP contribution in [0.2, 0.25) is 0 Å². The largest absolute Gasteiger partial charge is 0.292 e. The van der Waals surface area contributed by atoms with E-state index in [1.807, 2.05) is 0 Å². The smallest absolute Gasteiger partial charge is 0.246 e. The molecule has 1 aliphatic rings. The van der Waals surface area contributed by atoms with Gasteiger partial charge in [0.15, 0.2) is 0 Å². The zero-order chi connectivity index (χ0) is 15.3. The standard InChI is InChI=1S/C13H23N5O2S/c1-2-4-11-5-3-7-18(8-6-11)21(19,20)12-9-15-13(17-14)16-10-12/h9-11H,2-8,14H2,1H3,(H,15,16,17). The first-order valence-electron chi connectivity index (χ1n) is 7.36. The summed E-state index contributed by atoms with van der Waals surface area (Å²) >= 11 is 0. The lowest BCUT2D eigenvalue weighted by atomic mass is 9.96. The van der Waals surface area contributed by atoms with Gasteiger partial charge >= 0.3 is 0 Å². The molecule has 1 fully saturated rings. The summed E-state index contributed by atoms with van der Waals surface area (Å²) in [4.78, 5) is 7.87. The molecule has 0 saturated carbocycles. The minimum atomic E-state index is -3.51. The Balaban J connectivity index is 2.11. The molecular weight excluding hydrogens is 290 g/mol. The molecule has 1 atom stereocenters. The van der Waals surface area contributed by atoms with Crippen LogP contribution in [0.1, 0.15) is 39.0 Å². The van der Waals surface area contributed by atoms with Crippen molar-refractivity contribution in [2.24, 2.45) is 11.8 Å². The van der Waals surface area contributed by atoms with Crippen molar-refractivity contribution in [1.29, 1.82) is 0 Å². The van der Waals surface area contributed by atoms with Gasteiger partial charge in [-0.3, -0.25) is 5.43 Å². The fourth-order valence-electron chi connectivity index (χ4n) is 2.75. The molecule has 0 amide bonds. The lowest BCUT2D eigenvalue weighted by Gasteiger charge is -2.20. The highest BCUT2D eigenvalue weighted by Gasteiger charge is 2.27. The molecule has 2 rings (SSSR count). The Hall–Kier alpha value is -1.25. The minimum absolute atomic E-state index is 0.121. The summed E-state index contributed by atoms with van der Waals surface area (Å²) in [5.74, 6) is 6.02. The van der Waals surface area contributed by atoms with Crippen LogP contribution in [0.3, 0.4) is 0 Å². The third kappa shape index (κ3) is 3.90. The number of anilines is 1. The van der Waals surface area contributed by atoms with E-state index in [1.165, 1.54) is 18.8 Å². The SMILES string of the molecule is CCCC1CCCN(S(=O)(=O)c2cnc(NN)nc2)CC1. The van der Waals surface area contributed by atoms with E-state index in [-0.39, 0.29) is 10.8 Å². The molecule has 7 nitrogen and oxygen atoms in total. The zero-order valence-electron chi connectivity index (χ0n) is 12.3. The first-order valence-corrected chi connectivity index (χ1v) is 8.80. The van der Waals surface area contributed by atoms with Crippen LogP contribution in [0.15, 0.2) is 17.3 Å². The fourth-order valence-corrected chi connectivity index (χ4v) is 4.13. The highest BCUT2D eigenvalue weighted by atomic mass is 32.2. The molecule has 1 saturated heterocycles. The molecule has 1 unspecified atom stereocenters. The predicted octanol–water partition coefficient (Wildman–Crippen LogP) is 1.35. The van der Waals surface area contributed by atoms with Gasteiger partial charge in [0.25, 0.3) is 0 Å². The number of sulfonamides is 1. The van der Waals surface area contributed by atoms with Gasteiger partial charge in [-0.05, 0) is 25.2 Å². The van der Waals surface area contributed by atoms with Crippen LogP contribution < -0.4 is 11.3 Å². The molecule has 0 aromatic carbocycles. The number of hydrazine groups is 1. The molecule has 2 heterocycles. The molecule has 0 aliphatic carbocycles. The van der Waals surface area contributed by atoms with Crippen LogP contribution in [-0.2, 0) is 10.0 Å². The third-order valence-corrected chi connectivity index (χ3v) is 5.75. The molecule has 1 aliphatic heterocycles. The van der Waals surface area contributed by atoms with Crippen LogP contribution in [0, 0.1) is 5.92 Å². The number of nitrogens with one attached hydrogen (secondary N) is 1. The van der Waals surface area contributed by atoms with Gasteiger partial charge in [0.05, 0.1) is 12.4 Å². The number of nitrogen functional groups attached to an aromatic ring is 1. The summed E-state index contributed by atoms with van der Waals surface area (Å²) in [6, 6.07) is 0. The van der Waals surface area contributed by atoms with Crippen LogP contribution in [0.4, 0.5) is 5.95 Å². The molecule has 1 aromatic rings. The number of aromatic nitrogens is 2. The molecule has 3 N–H and O–H groups in total. The maximum Gasteiger partial charge on any atom is 0.246 e. The van der Waals surface area contributed by atoms with Gasteiger partial charge in [-0.15, -0.1) is 0 Å². The monoisotopic (exact) mass is 313 g/mol. The second-order valence-electron chi connectivity index (χ2n) is 5.38. The first-order chi connectivity index (χ1) is 10.1. The molecule has 0 bridgehead atoms. The highest BCUT2D eigenvalue weighted by Crippen LogP contribution is 2.25. The van der Waals surface area contributed by atoms with E-state index in [2.05, 4.69) is 22.3 Å². The summed E-state index contributed by atoms with van der Waals surface area (Å²) in [6.45, 7) is 3.31. The van der Waals surface area contributed by atoms with Gasteiger partial charge in [0.2, 0.25) is 16.0 Å². The molecule has 1 aromatic heterocycles. The van der Waals surface area contributed by atoms with Crippen molar-refractivity contribution < 1.29 is 8.42 Å². The number of nitrogens with zero attached hydrogens (tertiary/aromatic N) is 3. The van der Waals surface area contributed by atoms with Crippen LogP contribution in [0.5, 0.6) is 0 Å². The minimum Gasteiger partial charge on any atom is -0.292 e. The van der Waals surface area contributed by atoms with Gasteiger partial charge in [0.1, 0.15) is 4.90 Å². The van der Waals surface area contributed by atoms with E-state index in [4.69, 9.17) is 5.84 Å². The molecular formula is C13H23N5O2S. The highest BCUT2D eigenvalue weighted by molar-refractivity contribution is 7.89. The fraction of sp³-hybridized carbons (Fsp3) is 0.692. The van der Waals surface area contributed by atoms with Crippen molar-refractivity contribution in [1.82, 2.24) is 14.3 Å². The Kier molecular flexibility index (Phi) is 5.49. The van der Waals surface area contributed by atoms with Gasteiger partial charge in [-0.2, -0.15) is 4.31 Å². The predicted molar refractivity (Wildman–Crippen MR) is 80.8 cm³/mol. The summed E-state index contributed by atoms with van der Waals surface area (Å²) in [6.07, 6.45) is 7.86. The average molecular weight is 313 g/mol. The Morgan fingerprint density at radius 3 is 2.67 bits per heavy atom. The van der Waals surface area contributed by atoms with Crippen LogP contribution >= 0.6 is 0 Å². The van der Waals surface area contributed by atoms with Crippen molar-refractivity contribution in [3.05, 3.63) is 12.4 Å². The Morgan fingerprint density at radius 2 is 2.05 bits per heavy atom. The van der Waals surface area contributed by atoms with Crippen molar-refractivity contribution in [3.63, 3.8) is 0 Å². The maximum absolute atomic E-state index is 12.6. The average Bonchev–Trinajstić information content (AvgIpc) is 2.74. The van der Waals surface area contributed by atoms with Gasteiger partial charge in [-0.1, -0.05) is 19.8 Å². The zero-order valence-corrected chi connectivity index (χ0v) is 13.1. The van der Waals surface area contributed by atoms with E-state index in [0.29, 0.717) is 19.0 Å². The topological polar surface area (TPSA) is 101 Å². The molecule has 21 heavy (non-hydrogen) atoms. The van der Waals surface area contributed by atoms with E-state index < -0.39 is 10.0 Å². The normalized spacial score (nSPS) is 21.0. The summed E-state index contributed by atoms with van der Waals surface area (Å²) in [5, 5.41) is 0. The maximum atomic E-state index is 12.6. The van der Waals surface area contributed by atoms with Gasteiger partial charge in [0, 0.05) is 13.1 Å². The van der Waals surface area contributed by atoms with E-state index in [1.54, 1.807) is 4.31 Å². The Bertz CT molecular complexity index is 546. The number of rotatable bonds is 5. The number of nitrogens with two attached hydrogens (primary N) is 1. The Labute approximate surface area is 126 Å². The van der Waals surface area contributed by atoms with Gasteiger partial charge in [-0.25, -0.2) is 24.2 Å². The first kappa shape index (κ1) is 16.1. The van der Waals surface area contributed by atoms with E-state index in [9.17, 15) is 8.42 Å². The lowest BCUT2D eigenvalue weighted by molar-refractivity contribution is 0.399. The van der Waals surface area contributed by atoms with Crippen molar-refractivity contribution in [2.45, 2.75) is 43.9 Å². The number of hydrogen-bond acceptors (Lipinski definition) is 6. The molecule has 118 valence electrons. The van der Waals surface area contributed by atoms with E-state index in [0.717, 1.165) is 25.7 Å². The van der Waals surface area contributed by atoms with Crippen molar-refractivity contribution in [3.8, 4) is 0 Å². The molecule has 8 heteroatoms. The number of hydrogen-bond donors (Lipinski definition) is 2. The molecule has 0 spiro atoms. The quantitative estimate of drug-likeness (QED) is 0.628. The lowest BCUT2D eigenvalue weighted by Crippen LogP contribution is -2.32. The summed E-state index contributed by atoms with van der Waals surface area (Å²) < 4.78 is 26.7. The summed E-state index contributed by atoms with van der Waals surface area (Å²) in [5.41, 5.74) is 2.28. The van der Waals surface area contributed by atoms with E-state index >= 15 is 0 Å². The second kappa shape index (κ2) is 7.15. The van der Waals surface area contributed by atoms with Crippen molar-refractivity contribution in [2.75, 3.05) is 18.5 Å². The van der Waals surface area contributed by atoms with Crippen molar-refractivity contribution >= 4 is 16.0 Å². The van der Waals surface area contributed by atoms with Gasteiger partial charge < -0.3 is 0 Å². The van der Waals surface area contributed by atoms with Crippen LogP contribution in [0.25, 0.3) is 0 Å². The third-order valence-electron chi connectivity index (χ3n) is 3.90. The molecule has 0 radical (unpaired) electrons. The summed E-state index contributed by atoms with van der Waals surface area (Å²) in [7, 11) is -3.51. The van der Waals surface area contributed by atoms with Crippen LogP contribution in [-0.4, -0.2) is 35.8 Å². The Morgan fingerprint density at radius 1 is 1.33 bits per heavy atom. The second-order valence-corrected chi connectivity index (χ2v) is 7.31.